The molecule has 0 atom stereocenters. The summed E-state index contributed by atoms with van der Waals surface area (Å²) in [5.74, 6) is 0.153. The first-order valence-electron chi connectivity index (χ1n) is 7.23. The minimum atomic E-state index is 0.153. The molecule has 0 aromatic heterocycles. The van der Waals surface area contributed by atoms with Gasteiger partial charge in [0.25, 0.3) is 0 Å². The molecule has 2 rings (SSSR count). The van der Waals surface area contributed by atoms with Gasteiger partial charge in [0.1, 0.15) is 5.84 Å². The van der Waals surface area contributed by atoms with Crippen LogP contribution in [0.1, 0.15) is 30.4 Å². The van der Waals surface area contributed by atoms with Crippen molar-refractivity contribution in [3.8, 4) is 0 Å². The topological polar surface area (TPSA) is 56.4 Å². The van der Waals surface area contributed by atoms with Gasteiger partial charge in [0.05, 0.1) is 0 Å². The molecule has 0 aliphatic heterocycles. The molecule has 0 bridgehead atoms. The fourth-order valence-corrected chi connectivity index (χ4v) is 3.10. The monoisotopic (exact) mass is 274 g/mol. The van der Waals surface area contributed by atoms with Gasteiger partial charge in [-0.2, -0.15) is 0 Å². The van der Waals surface area contributed by atoms with Crippen molar-refractivity contribution in [3.63, 3.8) is 0 Å². The van der Waals surface area contributed by atoms with Crippen LogP contribution in [0, 0.1) is 5.41 Å². The Balaban J connectivity index is 2.05. The number of hydrogen-bond acceptors (Lipinski definition) is 3. The highest BCUT2D eigenvalue weighted by Crippen LogP contribution is 2.36. The fraction of sp³-hybridized carbons (Fsp3) is 0.562. The second-order valence-corrected chi connectivity index (χ2v) is 6.22. The minimum absolute atomic E-state index is 0.153. The van der Waals surface area contributed by atoms with E-state index in [0.717, 1.165) is 24.2 Å². The molecule has 20 heavy (non-hydrogen) atoms. The number of benzene rings is 1. The van der Waals surface area contributed by atoms with E-state index in [1.54, 1.807) is 0 Å². The number of likely N-dealkylation sites (N-methyl/N-ethyl adjacent to an activating group) is 2. The average molecular weight is 274 g/mol. The molecule has 4 nitrogen and oxygen atoms in total. The zero-order valence-electron chi connectivity index (χ0n) is 12.8. The van der Waals surface area contributed by atoms with E-state index >= 15 is 0 Å². The number of rotatable bonds is 6. The number of nitrogens with two attached hydrogens (primary N) is 1. The largest absolute Gasteiger partial charge is 0.384 e. The summed E-state index contributed by atoms with van der Waals surface area (Å²) in [6, 6.07) is 7.95. The molecule has 0 amide bonds. The van der Waals surface area contributed by atoms with Crippen molar-refractivity contribution in [1.29, 1.82) is 5.41 Å². The summed E-state index contributed by atoms with van der Waals surface area (Å²) in [4.78, 5) is 4.71. The molecule has 0 heterocycles. The van der Waals surface area contributed by atoms with Gasteiger partial charge >= 0.3 is 0 Å². The summed E-state index contributed by atoms with van der Waals surface area (Å²) in [5, 5.41) is 7.67. The molecule has 1 fully saturated rings. The van der Waals surface area contributed by atoms with Gasteiger partial charge in [0, 0.05) is 24.2 Å². The lowest BCUT2D eigenvalue weighted by molar-refractivity contribution is 0.0259. The quantitative estimate of drug-likeness (QED) is 0.615. The highest BCUT2D eigenvalue weighted by molar-refractivity contribution is 5.96. The predicted molar refractivity (Wildman–Crippen MR) is 84.1 cm³/mol. The zero-order valence-corrected chi connectivity index (χ0v) is 12.8. The summed E-state index contributed by atoms with van der Waals surface area (Å²) in [7, 11) is 6.51. The molecule has 1 saturated carbocycles. The highest BCUT2D eigenvalue weighted by Gasteiger charge is 2.39. The molecule has 1 aliphatic rings. The molecular weight excluding hydrogens is 248 g/mol. The average Bonchev–Trinajstić information content (AvgIpc) is 2.33. The molecular formula is C16H26N4. The van der Waals surface area contributed by atoms with Gasteiger partial charge in [-0.25, -0.2) is 0 Å². The summed E-state index contributed by atoms with van der Waals surface area (Å²) in [5.41, 5.74) is 7.98. The molecule has 4 heteroatoms. The molecule has 0 unspecified atom stereocenters. The van der Waals surface area contributed by atoms with E-state index in [2.05, 4.69) is 37.0 Å². The van der Waals surface area contributed by atoms with Crippen LogP contribution in [0.3, 0.4) is 0 Å². The summed E-state index contributed by atoms with van der Waals surface area (Å²) >= 11 is 0. The predicted octanol–water partition coefficient (Wildman–Crippen LogP) is 1.89. The van der Waals surface area contributed by atoms with E-state index in [4.69, 9.17) is 11.1 Å². The van der Waals surface area contributed by atoms with Crippen molar-refractivity contribution < 1.29 is 0 Å². The van der Waals surface area contributed by atoms with Crippen molar-refractivity contribution in [3.05, 3.63) is 35.4 Å². The number of nitrogens with zero attached hydrogens (tertiary/aromatic N) is 2. The molecule has 1 aliphatic carbocycles. The van der Waals surface area contributed by atoms with E-state index in [9.17, 15) is 0 Å². The lowest BCUT2D eigenvalue weighted by Crippen LogP contribution is -2.56. The number of nitrogen functional groups attached to an aromatic ring is 1. The third-order valence-electron chi connectivity index (χ3n) is 4.54. The van der Waals surface area contributed by atoms with Crippen molar-refractivity contribution in [1.82, 2.24) is 9.80 Å². The van der Waals surface area contributed by atoms with Crippen LogP contribution >= 0.6 is 0 Å². The minimum Gasteiger partial charge on any atom is -0.384 e. The van der Waals surface area contributed by atoms with E-state index in [1.165, 1.54) is 19.3 Å². The molecule has 110 valence electrons. The van der Waals surface area contributed by atoms with Gasteiger partial charge in [-0.05, 0) is 46.0 Å². The van der Waals surface area contributed by atoms with Crippen molar-refractivity contribution in [2.45, 2.75) is 31.3 Å². The third-order valence-corrected chi connectivity index (χ3v) is 4.54. The Kier molecular flexibility index (Phi) is 4.45. The Bertz CT molecular complexity index is 477. The number of hydrogen-bond donors (Lipinski definition) is 2. The van der Waals surface area contributed by atoms with Crippen LogP contribution in [-0.2, 0) is 6.54 Å². The maximum Gasteiger partial charge on any atom is 0.123 e. The van der Waals surface area contributed by atoms with Crippen LogP contribution in [0.25, 0.3) is 0 Å². The SMILES string of the molecule is CN(Cc1ccccc1C(=N)N)CC1(N(C)C)CCC1. The van der Waals surface area contributed by atoms with Gasteiger partial charge in [0.15, 0.2) is 0 Å². The van der Waals surface area contributed by atoms with Crippen molar-refractivity contribution >= 4 is 5.84 Å². The van der Waals surface area contributed by atoms with Crippen LogP contribution in [-0.4, -0.2) is 48.9 Å². The van der Waals surface area contributed by atoms with Crippen LogP contribution in [0.5, 0.6) is 0 Å². The van der Waals surface area contributed by atoms with Crippen LogP contribution in [0.4, 0.5) is 0 Å². The zero-order chi connectivity index (χ0) is 14.8. The maximum atomic E-state index is 7.67. The Morgan fingerprint density at radius 1 is 1.25 bits per heavy atom. The molecule has 1 aromatic rings. The maximum absolute atomic E-state index is 7.67. The highest BCUT2D eigenvalue weighted by atomic mass is 15.2. The normalized spacial score (nSPS) is 17.2. The number of nitrogens with one attached hydrogen (secondary N) is 1. The van der Waals surface area contributed by atoms with Crippen LogP contribution in [0.2, 0.25) is 0 Å². The molecule has 0 radical (unpaired) electrons. The summed E-state index contributed by atoms with van der Waals surface area (Å²) < 4.78 is 0. The van der Waals surface area contributed by atoms with Gasteiger partial charge in [0.2, 0.25) is 0 Å². The fourth-order valence-electron chi connectivity index (χ4n) is 3.10. The Morgan fingerprint density at radius 2 is 1.90 bits per heavy atom. The number of amidine groups is 1. The van der Waals surface area contributed by atoms with Crippen LogP contribution < -0.4 is 5.73 Å². The van der Waals surface area contributed by atoms with Crippen molar-refractivity contribution in [2.75, 3.05) is 27.7 Å². The van der Waals surface area contributed by atoms with Crippen molar-refractivity contribution in [2.24, 2.45) is 5.73 Å². The lowest BCUT2D eigenvalue weighted by Gasteiger charge is -2.49. The van der Waals surface area contributed by atoms with Gasteiger partial charge < -0.3 is 15.5 Å². The second kappa shape index (κ2) is 5.94. The van der Waals surface area contributed by atoms with Gasteiger partial charge in [-0.15, -0.1) is 0 Å². The Labute approximate surface area is 122 Å². The molecule has 1 aromatic carbocycles. The Morgan fingerprint density at radius 3 is 2.40 bits per heavy atom. The lowest BCUT2D eigenvalue weighted by atomic mass is 9.75. The summed E-state index contributed by atoms with van der Waals surface area (Å²) in [6.07, 6.45) is 3.88. The van der Waals surface area contributed by atoms with Gasteiger partial charge in [-0.1, -0.05) is 24.3 Å². The van der Waals surface area contributed by atoms with E-state index in [1.807, 2.05) is 18.2 Å². The first-order valence-corrected chi connectivity index (χ1v) is 7.23. The molecule has 0 saturated heterocycles. The molecule has 3 N–H and O–H groups in total. The van der Waals surface area contributed by atoms with Crippen LogP contribution in [0.15, 0.2) is 24.3 Å². The third kappa shape index (κ3) is 3.02. The smallest absolute Gasteiger partial charge is 0.123 e. The van der Waals surface area contributed by atoms with E-state index in [0.29, 0.717) is 5.54 Å². The van der Waals surface area contributed by atoms with Gasteiger partial charge in [-0.3, -0.25) is 5.41 Å². The summed E-state index contributed by atoms with van der Waals surface area (Å²) in [6.45, 7) is 1.90. The van der Waals surface area contributed by atoms with E-state index < -0.39 is 0 Å². The molecule has 0 spiro atoms. The first-order chi connectivity index (χ1) is 9.44. The second-order valence-electron chi connectivity index (χ2n) is 6.22. The first kappa shape index (κ1) is 15.0. The Hall–Kier alpha value is -1.39. The van der Waals surface area contributed by atoms with E-state index in [-0.39, 0.29) is 5.84 Å². The standard InChI is InChI=1S/C16H26N4/c1-19(2)16(9-6-10-16)12-20(3)11-13-7-4-5-8-14(13)15(17)18/h4-5,7-8H,6,9-12H2,1-3H3,(H3,17,18).